The zero-order valence-corrected chi connectivity index (χ0v) is 20.4. The van der Waals surface area contributed by atoms with Crippen molar-refractivity contribution >= 4 is 11.7 Å². The van der Waals surface area contributed by atoms with Gasteiger partial charge in [0.05, 0.1) is 25.1 Å². The van der Waals surface area contributed by atoms with Gasteiger partial charge in [0.1, 0.15) is 5.60 Å². The number of amides is 2. The molecule has 0 bridgehead atoms. The summed E-state index contributed by atoms with van der Waals surface area (Å²) in [6, 6.07) is 7.80. The summed E-state index contributed by atoms with van der Waals surface area (Å²) in [6.07, 6.45) is 14.6. The molecule has 0 radical (unpaired) electrons. The minimum atomic E-state index is -0.587. The average molecular weight is 467 g/mol. The normalized spacial score (nSPS) is 20.4. The smallest absolute Gasteiger partial charge is 0.355 e. The van der Waals surface area contributed by atoms with Crippen LogP contribution in [0.5, 0.6) is 0 Å². The lowest BCUT2D eigenvalue weighted by atomic mass is 9.91. The third kappa shape index (κ3) is 4.86. The quantitative estimate of drug-likeness (QED) is 0.524. The van der Waals surface area contributed by atoms with Crippen molar-refractivity contribution in [3.8, 4) is 0 Å². The Labute approximate surface area is 201 Å². The van der Waals surface area contributed by atoms with Gasteiger partial charge >= 0.3 is 6.03 Å². The van der Waals surface area contributed by atoms with Gasteiger partial charge in [-0.3, -0.25) is 9.52 Å². The number of carbonyl (C=O) groups excluding carboxylic acids is 1. The maximum Gasteiger partial charge on any atom is 0.355 e. The molecule has 2 aromatic rings. The van der Waals surface area contributed by atoms with Crippen LogP contribution in [0.25, 0.3) is 0 Å². The molecule has 2 heterocycles. The highest BCUT2D eigenvalue weighted by Crippen LogP contribution is 2.34. The van der Waals surface area contributed by atoms with Crippen molar-refractivity contribution in [2.24, 2.45) is 0 Å². The first-order valence-electron chi connectivity index (χ1n) is 11.8. The number of hydrogen-bond donors (Lipinski definition) is 1. The highest BCUT2D eigenvalue weighted by molar-refractivity contribution is 5.78. The van der Waals surface area contributed by atoms with Gasteiger partial charge in [-0.25, -0.2) is 15.2 Å². The van der Waals surface area contributed by atoms with E-state index in [1.807, 2.05) is 42.1 Å². The molecule has 1 aliphatic heterocycles. The van der Waals surface area contributed by atoms with E-state index in [9.17, 15) is 4.79 Å². The fourth-order valence-corrected chi connectivity index (χ4v) is 4.24. The van der Waals surface area contributed by atoms with E-state index >= 15 is 0 Å². The Hall–Kier alpha value is -3.14. The number of hydrogen-bond acceptors (Lipinski definition) is 6. The molecular formula is C25H34N6O3. The van der Waals surface area contributed by atoms with Crippen LogP contribution < -0.4 is 10.5 Å². The zero-order chi connectivity index (χ0) is 24.1. The molecule has 2 aliphatic rings. The molecule has 9 nitrogen and oxygen atoms in total. The van der Waals surface area contributed by atoms with Crippen molar-refractivity contribution in [3.05, 3.63) is 71.6 Å². The molecular weight excluding hydrogens is 432 g/mol. The lowest BCUT2D eigenvalue weighted by Crippen LogP contribution is -2.45. The fraction of sp³-hybridized carbons (Fsp3) is 0.440. The Morgan fingerprint density at radius 3 is 2.76 bits per heavy atom. The first-order chi connectivity index (χ1) is 16.5. The molecule has 182 valence electrons. The van der Waals surface area contributed by atoms with E-state index in [1.54, 1.807) is 12.2 Å². The van der Waals surface area contributed by atoms with E-state index < -0.39 is 5.60 Å². The Morgan fingerprint density at radius 2 is 2.06 bits per heavy atom. The second-order valence-electron chi connectivity index (χ2n) is 8.65. The number of urea groups is 1. The Kier molecular flexibility index (Phi) is 7.35. The topological polar surface area (TPSA) is 75.1 Å². The minimum Gasteiger partial charge on any atom is -0.359 e. The highest BCUT2D eigenvalue weighted by atomic mass is 16.8. The summed E-state index contributed by atoms with van der Waals surface area (Å²) in [5.41, 5.74) is 5.94. The number of unbranched alkanes of at least 4 members (excludes halogenated alkanes) is 2. The van der Waals surface area contributed by atoms with E-state index in [0.29, 0.717) is 6.61 Å². The summed E-state index contributed by atoms with van der Waals surface area (Å²) in [5.74, 6) is 0. The van der Waals surface area contributed by atoms with Crippen LogP contribution in [0.4, 0.5) is 10.5 Å². The molecule has 4 rings (SSSR count). The van der Waals surface area contributed by atoms with Crippen LogP contribution in [0.2, 0.25) is 0 Å². The maximum absolute atomic E-state index is 12.0. The van der Waals surface area contributed by atoms with Crippen LogP contribution in [-0.4, -0.2) is 40.3 Å². The first kappa shape index (κ1) is 24.0. The second kappa shape index (κ2) is 10.4. The number of ether oxygens (including phenoxy) is 1. The van der Waals surface area contributed by atoms with Gasteiger partial charge in [0.15, 0.2) is 0 Å². The van der Waals surface area contributed by atoms with Gasteiger partial charge in [0.25, 0.3) is 0 Å². The number of carbonyl (C=O) groups is 1. The molecule has 0 saturated carbocycles. The molecule has 1 fully saturated rings. The van der Waals surface area contributed by atoms with Gasteiger partial charge in [0, 0.05) is 31.5 Å². The van der Waals surface area contributed by atoms with E-state index in [1.165, 1.54) is 30.2 Å². The molecule has 1 atom stereocenters. The molecule has 1 aromatic heterocycles. The third-order valence-corrected chi connectivity index (χ3v) is 6.17. The fourth-order valence-electron chi connectivity index (χ4n) is 4.24. The molecule has 1 aromatic carbocycles. The van der Waals surface area contributed by atoms with E-state index in [4.69, 9.17) is 14.7 Å². The van der Waals surface area contributed by atoms with Crippen molar-refractivity contribution in [3.63, 3.8) is 0 Å². The summed E-state index contributed by atoms with van der Waals surface area (Å²) in [4.78, 5) is 17.4. The molecule has 1 saturated heterocycles. The predicted octanol–water partition coefficient (Wildman–Crippen LogP) is 4.38. The highest BCUT2D eigenvalue weighted by Gasteiger charge is 2.35. The van der Waals surface area contributed by atoms with Crippen molar-refractivity contribution in [1.29, 1.82) is 0 Å². The lowest BCUT2D eigenvalue weighted by molar-refractivity contribution is -0.228. The SMILES string of the molecule is CCCCCn1ccc(C2(OCc3ccc(N4NC(=O)N(C)N4OC)c(C)c3)C=CC=CC2)n1. The summed E-state index contributed by atoms with van der Waals surface area (Å²) in [6.45, 7) is 5.55. The number of aromatic nitrogens is 2. The van der Waals surface area contributed by atoms with E-state index in [2.05, 4.69) is 36.6 Å². The molecule has 1 N–H and O–H groups in total. The van der Waals surface area contributed by atoms with Crippen molar-refractivity contribution in [2.45, 2.75) is 58.3 Å². The van der Waals surface area contributed by atoms with Gasteiger partial charge < -0.3 is 4.74 Å². The van der Waals surface area contributed by atoms with Crippen molar-refractivity contribution < 1.29 is 14.4 Å². The van der Waals surface area contributed by atoms with Crippen molar-refractivity contribution in [2.75, 3.05) is 19.3 Å². The first-order valence-corrected chi connectivity index (χ1v) is 11.8. The van der Waals surface area contributed by atoms with Crippen LogP contribution in [0.1, 0.15) is 49.4 Å². The number of anilines is 1. The van der Waals surface area contributed by atoms with Gasteiger partial charge in [-0.05, 0) is 42.7 Å². The van der Waals surface area contributed by atoms with Gasteiger partial charge in [-0.1, -0.05) is 50.1 Å². The zero-order valence-electron chi connectivity index (χ0n) is 20.4. The Balaban J connectivity index is 1.48. The summed E-state index contributed by atoms with van der Waals surface area (Å²) in [5, 5.41) is 9.13. The van der Waals surface area contributed by atoms with Crippen LogP contribution >= 0.6 is 0 Å². The van der Waals surface area contributed by atoms with E-state index in [-0.39, 0.29) is 6.03 Å². The summed E-state index contributed by atoms with van der Waals surface area (Å²) >= 11 is 0. The lowest BCUT2D eigenvalue weighted by Gasteiger charge is -2.30. The van der Waals surface area contributed by atoms with Crippen molar-refractivity contribution in [1.82, 2.24) is 25.5 Å². The second-order valence-corrected chi connectivity index (χ2v) is 8.65. The Morgan fingerprint density at radius 1 is 1.21 bits per heavy atom. The van der Waals surface area contributed by atoms with Crippen LogP contribution in [0.3, 0.4) is 0 Å². The standard InChI is InChI=1S/C25H34N6O3/c1-5-6-10-16-29-17-13-23(26-29)25(14-8-7-9-15-25)34-19-21-11-12-22(20(2)18-21)30-27-24(32)28(3)31(30)33-4/h7-9,11-14,17-18H,5-6,10,15-16,19H2,1-4H3,(H,27,32). The van der Waals surface area contributed by atoms with Gasteiger partial charge in [-0.15, -0.1) is 0 Å². The molecule has 1 aliphatic carbocycles. The molecule has 1 unspecified atom stereocenters. The number of aryl methyl sites for hydroxylation is 2. The molecule has 0 spiro atoms. The predicted molar refractivity (Wildman–Crippen MR) is 130 cm³/mol. The van der Waals surface area contributed by atoms with Gasteiger partial charge in [-0.2, -0.15) is 10.2 Å². The van der Waals surface area contributed by atoms with Gasteiger partial charge in [0.2, 0.25) is 0 Å². The number of allylic oxidation sites excluding steroid dienone is 2. The minimum absolute atomic E-state index is 0.276. The summed E-state index contributed by atoms with van der Waals surface area (Å²) in [7, 11) is 3.14. The number of nitrogens with one attached hydrogen (secondary N) is 1. The molecule has 34 heavy (non-hydrogen) atoms. The maximum atomic E-state index is 12.0. The molecule has 2 amide bonds. The third-order valence-electron chi connectivity index (χ3n) is 6.17. The largest absolute Gasteiger partial charge is 0.359 e. The number of benzene rings is 1. The summed E-state index contributed by atoms with van der Waals surface area (Å²) < 4.78 is 8.56. The van der Waals surface area contributed by atoms with Crippen LogP contribution in [0, 0.1) is 6.92 Å². The average Bonchev–Trinajstić information content (AvgIpc) is 3.43. The Bertz CT molecular complexity index is 1060. The number of hydrazine groups is 3. The number of rotatable bonds is 10. The van der Waals surface area contributed by atoms with E-state index in [0.717, 1.165) is 41.9 Å². The molecule has 9 heteroatoms. The van der Waals surface area contributed by atoms with Crippen LogP contribution in [0.15, 0.2) is 54.8 Å². The number of nitrogens with zero attached hydrogens (tertiary/aromatic N) is 5. The monoisotopic (exact) mass is 466 g/mol. The van der Waals surface area contributed by atoms with Crippen LogP contribution in [-0.2, 0) is 28.3 Å².